The molecule has 7 aromatic carbocycles. The standard InChI is InChI=1S/C44H26N4O/c1-2-11-28(12-3-1)42-46-43(48-44(47-42)36-17-9-19-39-41(36)35-16-6-7-18-38(35)49-39)30-14-8-13-29(26-30)32-24-25-45-37-23-22-33-31-15-5-4-10-27(31)20-21-34(33)40(32)37/h1-26H. The molecule has 0 atom stereocenters. The molecule has 10 rings (SSSR count). The number of para-hydroxylation sites is 1. The minimum Gasteiger partial charge on any atom is -0.456 e. The highest BCUT2D eigenvalue weighted by atomic mass is 16.3. The number of fused-ring (bicyclic) bond motifs is 8. The highest BCUT2D eigenvalue weighted by Crippen LogP contribution is 2.39. The molecule has 0 fully saturated rings. The average molecular weight is 627 g/mol. The van der Waals surface area contributed by atoms with Gasteiger partial charge in [-0.15, -0.1) is 0 Å². The van der Waals surface area contributed by atoms with E-state index < -0.39 is 0 Å². The maximum Gasteiger partial charge on any atom is 0.164 e. The number of hydrogen-bond acceptors (Lipinski definition) is 5. The van der Waals surface area contributed by atoms with Crippen molar-refractivity contribution in [3.63, 3.8) is 0 Å². The van der Waals surface area contributed by atoms with Crippen LogP contribution in [0.1, 0.15) is 0 Å². The van der Waals surface area contributed by atoms with Crippen LogP contribution in [0.2, 0.25) is 0 Å². The molecule has 5 nitrogen and oxygen atoms in total. The molecule has 0 saturated heterocycles. The fourth-order valence-electron chi connectivity index (χ4n) is 7.11. The molecule has 0 bridgehead atoms. The van der Waals surface area contributed by atoms with Crippen LogP contribution in [0.5, 0.6) is 0 Å². The molecule has 49 heavy (non-hydrogen) atoms. The number of aromatic nitrogens is 4. The predicted molar refractivity (Wildman–Crippen MR) is 199 cm³/mol. The maximum absolute atomic E-state index is 6.22. The molecule has 0 saturated carbocycles. The summed E-state index contributed by atoms with van der Waals surface area (Å²) in [4.78, 5) is 20.0. The van der Waals surface area contributed by atoms with Crippen LogP contribution in [0.25, 0.3) is 99.7 Å². The van der Waals surface area contributed by atoms with Crippen molar-refractivity contribution in [2.45, 2.75) is 0 Å². The van der Waals surface area contributed by atoms with Gasteiger partial charge in [0.1, 0.15) is 11.2 Å². The molecule has 10 aromatic rings. The van der Waals surface area contributed by atoms with Crippen molar-refractivity contribution in [2.75, 3.05) is 0 Å². The molecule has 0 unspecified atom stereocenters. The normalized spacial score (nSPS) is 11.7. The van der Waals surface area contributed by atoms with Gasteiger partial charge in [0.05, 0.1) is 5.52 Å². The first-order valence-electron chi connectivity index (χ1n) is 16.3. The van der Waals surface area contributed by atoms with Gasteiger partial charge in [0.25, 0.3) is 0 Å². The van der Waals surface area contributed by atoms with Gasteiger partial charge in [0, 0.05) is 39.0 Å². The van der Waals surface area contributed by atoms with Crippen LogP contribution < -0.4 is 0 Å². The number of rotatable bonds is 4. The molecule has 3 aromatic heterocycles. The van der Waals surface area contributed by atoms with Crippen molar-refractivity contribution in [1.82, 2.24) is 19.9 Å². The van der Waals surface area contributed by atoms with Crippen LogP contribution in [-0.2, 0) is 0 Å². The van der Waals surface area contributed by atoms with Crippen LogP contribution in [0, 0.1) is 0 Å². The summed E-state index contributed by atoms with van der Waals surface area (Å²) in [6.45, 7) is 0. The lowest BCUT2D eigenvalue weighted by molar-refractivity contribution is 0.669. The molecule has 0 aliphatic rings. The molecule has 0 aliphatic heterocycles. The molecular weight excluding hydrogens is 601 g/mol. The first kappa shape index (κ1) is 27.4. The lowest BCUT2D eigenvalue weighted by Crippen LogP contribution is -2.00. The first-order chi connectivity index (χ1) is 24.3. The third-order valence-corrected chi connectivity index (χ3v) is 9.37. The van der Waals surface area contributed by atoms with Crippen LogP contribution >= 0.6 is 0 Å². The molecule has 228 valence electrons. The quantitative estimate of drug-likeness (QED) is 0.182. The van der Waals surface area contributed by atoms with Crippen molar-refractivity contribution in [3.8, 4) is 45.3 Å². The largest absolute Gasteiger partial charge is 0.456 e. The van der Waals surface area contributed by atoms with Gasteiger partial charge >= 0.3 is 0 Å². The zero-order valence-electron chi connectivity index (χ0n) is 26.2. The van der Waals surface area contributed by atoms with Crippen LogP contribution in [-0.4, -0.2) is 19.9 Å². The molecule has 0 spiro atoms. The monoisotopic (exact) mass is 626 g/mol. The Morgan fingerprint density at radius 1 is 0.388 bits per heavy atom. The lowest BCUT2D eigenvalue weighted by Gasteiger charge is -2.13. The number of hydrogen-bond donors (Lipinski definition) is 0. The van der Waals surface area contributed by atoms with Gasteiger partial charge in [-0.3, -0.25) is 4.98 Å². The van der Waals surface area contributed by atoms with E-state index in [0.29, 0.717) is 17.5 Å². The van der Waals surface area contributed by atoms with E-state index in [9.17, 15) is 0 Å². The molecule has 0 radical (unpaired) electrons. The van der Waals surface area contributed by atoms with Gasteiger partial charge in [-0.2, -0.15) is 0 Å². The Morgan fingerprint density at radius 3 is 2.00 bits per heavy atom. The second-order valence-electron chi connectivity index (χ2n) is 12.2. The zero-order chi connectivity index (χ0) is 32.3. The van der Waals surface area contributed by atoms with E-state index in [1.165, 1.54) is 21.5 Å². The summed E-state index contributed by atoms with van der Waals surface area (Å²) in [6, 6.07) is 52.1. The Labute approximate surface area is 281 Å². The number of benzene rings is 7. The summed E-state index contributed by atoms with van der Waals surface area (Å²) in [7, 11) is 0. The van der Waals surface area contributed by atoms with Crippen molar-refractivity contribution in [3.05, 3.63) is 158 Å². The number of pyridine rings is 1. The second-order valence-corrected chi connectivity index (χ2v) is 12.2. The predicted octanol–water partition coefficient (Wildman–Crippen LogP) is 11.3. The Balaban J connectivity index is 1.19. The summed E-state index contributed by atoms with van der Waals surface area (Å²) in [6.07, 6.45) is 1.89. The Kier molecular flexibility index (Phi) is 6.11. The Hall–Kier alpha value is -6.72. The van der Waals surface area contributed by atoms with Crippen molar-refractivity contribution < 1.29 is 4.42 Å². The summed E-state index contributed by atoms with van der Waals surface area (Å²) in [5.74, 6) is 1.81. The van der Waals surface area contributed by atoms with Gasteiger partial charge in [-0.25, -0.2) is 15.0 Å². The van der Waals surface area contributed by atoms with E-state index in [1.54, 1.807) is 0 Å². The van der Waals surface area contributed by atoms with E-state index >= 15 is 0 Å². The molecule has 0 amide bonds. The van der Waals surface area contributed by atoms with Crippen molar-refractivity contribution >= 4 is 54.4 Å². The lowest BCUT2D eigenvalue weighted by atomic mass is 9.93. The van der Waals surface area contributed by atoms with Crippen molar-refractivity contribution in [1.29, 1.82) is 0 Å². The summed E-state index contributed by atoms with van der Waals surface area (Å²) in [5, 5.41) is 8.00. The van der Waals surface area contributed by atoms with Gasteiger partial charge < -0.3 is 4.42 Å². The van der Waals surface area contributed by atoms with E-state index in [0.717, 1.165) is 60.7 Å². The van der Waals surface area contributed by atoms with Crippen molar-refractivity contribution in [2.24, 2.45) is 0 Å². The molecule has 0 N–H and O–H groups in total. The maximum atomic E-state index is 6.22. The topological polar surface area (TPSA) is 64.7 Å². The van der Waals surface area contributed by atoms with E-state index in [1.807, 2.05) is 66.9 Å². The molecule has 5 heteroatoms. The average Bonchev–Trinajstić information content (AvgIpc) is 3.57. The summed E-state index contributed by atoms with van der Waals surface area (Å²) in [5.41, 5.74) is 7.49. The third kappa shape index (κ3) is 4.48. The molecule has 3 heterocycles. The summed E-state index contributed by atoms with van der Waals surface area (Å²) >= 11 is 0. The molecule has 0 aliphatic carbocycles. The van der Waals surface area contributed by atoms with E-state index in [-0.39, 0.29) is 0 Å². The van der Waals surface area contributed by atoms with E-state index in [2.05, 4.69) is 91.0 Å². The second kappa shape index (κ2) is 10.9. The first-order valence-corrected chi connectivity index (χ1v) is 16.3. The van der Waals surface area contributed by atoms with Gasteiger partial charge in [0.2, 0.25) is 0 Å². The fourth-order valence-corrected chi connectivity index (χ4v) is 7.11. The van der Waals surface area contributed by atoms with Crippen LogP contribution in [0.4, 0.5) is 0 Å². The van der Waals surface area contributed by atoms with Gasteiger partial charge in [-0.1, -0.05) is 121 Å². The molecular formula is C44H26N4O. The zero-order valence-corrected chi connectivity index (χ0v) is 26.2. The number of furan rings is 1. The minimum atomic E-state index is 0.596. The fraction of sp³-hybridized carbons (Fsp3) is 0. The van der Waals surface area contributed by atoms with Gasteiger partial charge in [-0.05, 0) is 63.0 Å². The minimum absolute atomic E-state index is 0.596. The van der Waals surface area contributed by atoms with Crippen LogP contribution in [0.3, 0.4) is 0 Å². The highest BCUT2D eigenvalue weighted by molar-refractivity contribution is 6.20. The summed E-state index contributed by atoms with van der Waals surface area (Å²) < 4.78 is 6.22. The van der Waals surface area contributed by atoms with E-state index in [4.69, 9.17) is 24.4 Å². The third-order valence-electron chi connectivity index (χ3n) is 9.37. The Bertz CT molecular complexity index is 2890. The highest BCUT2D eigenvalue weighted by Gasteiger charge is 2.18. The number of nitrogens with zero attached hydrogens (tertiary/aromatic N) is 4. The van der Waals surface area contributed by atoms with Gasteiger partial charge in [0.15, 0.2) is 17.5 Å². The SMILES string of the molecule is c1ccc(-c2nc(-c3cccc(-c4ccnc5ccc6c7ccccc7ccc6c45)c3)nc(-c3cccc4oc5ccccc5c34)n2)cc1. The smallest absolute Gasteiger partial charge is 0.164 e. The van der Waals surface area contributed by atoms with Crippen LogP contribution in [0.15, 0.2) is 162 Å². The Morgan fingerprint density at radius 2 is 1.08 bits per heavy atom.